The van der Waals surface area contributed by atoms with Crippen LogP contribution in [-0.4, -0.2) is 137 Å². The number of aliphatic hydroxyl groups is 6. The summed E-state index contributed by atoms with van der Waals surface area (Å²) in [6.07, 6.45) is 8.37. The number of carbonyl (C=O) groups excluding carboxylic acids is 6. The number of hydrogen-bond acceptors (Lipinski definition) is 16. The molecule has 2 aromatic carbocycles. The van der Waals surface area contributed by atoms with Crippen molar-refractivity contribution in [1.82, 2.24) is 9.80 Å². The molecule has 346 valence electrons. The largest absolute Gasteiger partial charge is 0.508 e. The topological polar surface area (TPSA) is 323 Å². The number of rotatable bonds is 9. The molecule has 2 amide bonds. The van der Waals surface area contributed by atoms with Crippen molar-refractivity contribution in [2.24, 2.45) is 35.1 Å². The molecular formula is C48H50N4O14. The number of aromatic hydroxyl groups is 2. The number of benzene rings is 2. The number of carbonyl (C=O) groups is 6. The number of phenols is 2. The summed E-state index contributed by atoms with van der Waals surface area (Å²) in [5.41, 5.74) is 5.18. The quantitative estimate of drug-likeness (QED) is 0.127. The number of primary amides is 2. The van der Waals surface area contributed by atoms with Gasteiger partial charge in [-0.3, -0.25) is 38.6 Å². The summed E-state index contributed by atoms with van der Waals surface area (Å²) in [6, 6.07) is 3.56. The predicted molar refractivity (Wildman–Crippen MR) is 236 cm³/mol. The molecule has 8 rings (SSSR count). The van der Waals surface area contributed by atoms with E-state index < -0.39 is 116 Å². The van der Waals surface area contributed by atoms with E-state index in [1.54, 1.807) is 24.3 Å². The summed E-state index contributed by atoms with van der Waals surface area (Å²) in [5, 5.41) is 91.0. The van der Waals surface area contributed by atoms with Crippen molar-refractivity contribution >= 4 is 58.6 Å². The van der Waals surface area contributed by atoms with Gasteiger partial charge in [-0.1, -0.05) is 36.4 Å². The fourth-order valence-electron chi connectivity index (χ4n) is 11.5. The third-order valence-electron chi connectivity index (χ3n) is 14.4. The molecule has 2 saturated carbocycles. The van der Waals surface area contributed by atoms with Crippen molar-refractivity contribution in [3.63, 3.8) is 0 Å². The van der Waals surface area contributed by atoms with E-state index in [-0.39, 0.29) is 59.5 Å². The molecule has 6 aliphatic carbocycles. The highest BCUT2D eigenvalue weighted by atomic mass is 16.4. The zero-order valence-electron chi connectivity index (χ0n) is 36.4. The highest BCUT2D eigenvalue weighted by molar-refractivity contribution is 6.25. The zero-order chi connectivity index (χ0) is 48.2. The van der Waals surface area contributed by atoms with Gasteiger partial charge in [-0.05, 0) is 113 Å². The van der Waals surface area contributed by atoms with Gasteiger partial charge in [-0.2, -0.15) is 0 Å². The second-order valence-electron chi connectivity index (χ2n) is 18.4. The third kappa shape index (κ3) is 6.37. The highest BCUT2D eigenvalue weighted by Gasteiger charge is 2.66. The van der Waals surface area contributed by atoms with Crippen LogP contribution in [0, 0.1) is 23.7 Å². The lowest BCUT2D eigenvalue weighted by Gasteiger charge is -2.50. The Hall–Kier alpha value is -6.86. The van der Waals surface area contributed by atoms with Crippen molar-refractivity contribution < 1.29 is 69.6 Å². The maximum absolute atomic E-state index is 14.2. The molecule has 0 spiro atoms. The highest BCUT2D eigenvalue weighted by Crippen LogP contribution is 2.55. The molecular weight excluding hydrogens is 857 g/mol. The molecule has 12 N–H and O–H groups in total. The Bertz CT molecular complexity index is 2610. The number of phenolic OH excluding ortho intramolecular Hbond substituents is 2. The van der Waals surface area contributed by atoms with Gasteiger partial charge in [-0.15, -0.1) is 0 Å². The number of ketones is 4. The summed E-state index contributed by atoms with van der Waals surface area (Å²) in [6.45, 7) is 0. The maximum Gasteiger partial charge on any atom is 0.255 e. The Balaban J connectivity index is 1.05. The van der Waals surface area contributed by atoms with Gasteiger partial charge >= 0.3 is 0 Å². The van der Waals surface area contributed by atoms with Gasteiger partial charge in [0.2, 0.25) is 11.6 Å². The summed E-state index contributed by atoms with van der Waals surface area (Å²) >= 11 is 0. The van der Waals surface area contributed by atoms with Crippen LogP contribution in [0.5, 0.6) is 11.5 Å². The van der Waals surface area contributed by atoms with Gasteiger partial charge in [-0.25, -0.2) is 0 Å². The van der Waals surface area contributed by atoms with Crippen LogP contribution in [0.1, 0.15) is 59.1 Å². The van der Waals surface area contributed by atoms with E-state index in [2.05, 4.69) is 0 Å². The predicted octanol–water partition coefficient (Wildman–Crippen LogP) is 1.75. The van der Waals surface area contributed by atoms with Crippen molar-refractivity contribution in [2.75, 3.05) is 28.2 Å². The molecule has 0 unspecified atom stereocenters. The molecule has 0 radical (unpaired) electrons. The van der Waals surface area contributed by atoms with E-state index >= 15 is 0 Å². The lowest BCUT2D eigenvalue weighted by atomic mass is 9.57. The van der Waals surface area contributed by atoms with Crippen LogP contribution < -0.4 is 11.5 Å². The van der Waals surface area contributed by atoms with Crippen molar-refractivity contribution in [1.29, 1.82) is 0 Å². The number of likely N-dealkylation sites (N-methyl/N-ethyl adjacent to an activating group) is 2. The van der Waals surface area contributed by atoms with Crippen LogP contribution in [0.3, 0.4) is 0 Å². The van der Waals surface area contributed by atoms with E-state index in [1.165, 1.54) is 50.1 Å². The minimum absolute atomic E-state index is 0.0359. The minimum Gasteiger partial charge on any atom is -0.508 e. The van der Waals surface area contributed by atoms with Gasteiger partial charge in [0.25, 0.3) is 11.8 Å². The van der Waals surface area contributed by atoms with Gasteiger partial charge in [0.15, 0.2) is 22.8 Å². The van der Waals surface area contributed by atoms with Crippen LogP contribution in [-0.2, 0) is 41.6 Å². The van der Waals surface area contributed by atoms with Gasteiger partial charge in [0.05, 0.1) is 23.2 Å². The van der Waals surface area contributed by atoms with Gasteiger partial charge in [0.1, 0.15) is 45.7 Å². The monoisotopic (exact) mass is 906 g/mol. The average Bonchev–Trinajstić information content (AvgIpc) is 3.22. The zero-order valence-corrected chi connectivity index (χ0v) is 36.4. The van der Waals surface area contributed by atoms with Crippen LogP contribution in [0.25, 0.3) is 23.7 Å². The van der Waals surface area contributed by atoms with Gasteiger partial charge in [0, 0.05) is 23.0 Å². The molecule has 0 saturated heterocycles. The Morgan fingerprint density at radius 2 is 0.970 bits per heavy atom. The summed E-state index contributed by atoms with van der Waals surface area (Å²) in [7, 11) is 6.10. The lowest BCUT2D eigenvalue weighted by molar-refractivity contribution is -0.155. The first-order chi connectivity index (χ1) is 31.0. The second kappa shape index (κ2) is 15.9. The number of nitrogens with two attached hydrogens (primary N) is 2. The first-order valence-corrected chi connectivity index (χ1v) is 21.3. The average molecular weight is 907 g/mol. The van der Waals surface area contributed by atoms with E-state index in [0.717, 1.165) is 0 Å². The third-order valence-corrected chi connectivity index (χ3v) is 14.4. The molecule has 0 heterocycles. The Morgan fingerprint density at radius 1 is 0.621 bits per heavy atom. The SMILES string of the molecule is CN(C)[C@@H]1C(=O)C(C(N)=O)=C(O)[C@@]2(O)C(=O)C3=C(O)c4c(O)ccc(C=CCCC=Cc5ccc(O)c6c5C[C@H]5C[C@H]7[C@H](N(C)C)C(=O)C(C(N)=O)=C(O)[C@@]7(O)C(=O)C5=C6O)c4C[C@H]3C[C@@H]12. The summed E-state index contributed by atoms with van der Waals surface area (Å²) in [5.74, 6) is -14.7. The molecule has 2 aromatic rings. The molecule has 0 aliphatic heterocycles. The number of hydrogen-bond donors (Lipinski definition) is 10. The van der Waals surface area contributed by atoms with E-state index in [0.29, 0.717) is 35.1 Å². The molecule has 6 aliphatic rings. The number of fused-ring (bicyclic) bond motifs is 6. The molecule has 18 nitrogen and oxygen atoms in total. The minimum atomic E-state index is -2.75. The normalized spacial score (nSPS) is 29.7. The Kier molecular flexibility index (Phi) is 11.0. The molecule has 66 heavy (non-hydrogen) atoms. The lowest BCUT2D eigenvalue weighted by Crippen LogP contribution is -2.65. The number of amides is 2. The molecule has 8 atom stereocenters. The number of aliphatic hydroxyl groups excluding tert-OH is 4. The standard InChI is InChI=1S/C48H50N4O14/c1-51(2)35-25-17-21-15-23-19(11-13-27(53)31(23)37(55)29(21)41(59)47(25,65)43(61)33(39(35)57)45(49)63)9-7-5-6-8-10-20-12-14-28(54)32-24(20)16-22-18-26-36(52(3)4)40(58)34(46(50)64)44(62)48(26,66)42(60)30(22)38(32)56/h7-14,21-22,25-26,35-36,53-56,61-62,65-66H,5-6,15-18H2,1-4H3,(H2,49,63)(H2,50,64)/t21-,22-,25-,26-,35-,36-,47-,48-/m0/s1. The van der Waals surface area contributed by atoms with E-state index in [9.17, 15) is 69.6 Å². The van der Waals surface area contributed by atoms with Crippen molar-refractivity contribution in [3.8, 4) is 11.5 Å². The number of nitrogens with zero attached hydrogens (tertiary/aromatic N) is 2. The number of allylic oxidation sites excluding steroid dienone is 2. The summed E-state index contributed by atoms with van der Waals surface area (Å²) < 4.78 is 0. The maximum atomic E-state index is 14.2. The molecule has 2 fully saturated rings. The van der Waals surface area contributed by atoms with E-state index in [4.69, 9.17) is 11.5 Å². The Labute approximate surface area is 377 Å². The van der Waals surface area contributed by atoms with Crippen LogP contribution in [0.15, 0.2) is 70.2 Å². The fraction of sp³-hybridized carbons (Fsp3) is 0.375. The molecule has 0 aromatic heterocycles. The van der Waals surface area contributed by atoms with Crippen LogP contribution >= 0.6 is 0 Å². The Morgan fingerprint density at radius 3 is 1.29 bits per heavy atom. The first-order valence-electron chi connectivity index (χ1n) is 21.3. The van der Waals surface area contributed by atoms with E-state index in [1.807, 2.05) is 12.2 Å². The summed E-state index contributed by atoms with van der Waals surface area (Å²) in [4.78, 5) is 82.6. The number of unbranched alkanes of at least 4 members (excludes halogenated alkanes) is 1. The van der Waals surface area contributed by atoms with Crippen LogP contribution in [0.4, 0.5) is 0 Å². The fourth-order valence-corrected chi connectivity index (χ4v) is 11.5. The number of Topliss-reactive ketones (excluding diaryl/α,β-unsaturated/α-hetero) is 4. The van der Waals surface area contributed by atoms with Crippen molar-refractivity contribution in [2.45, 2.75) is 61.8 Å². The van der Waals surface area contributed by atoms with Crippen LogP contribution in [0.2, 0.25) is 0 Å². The molecule has 0 bridgehead atoms. The van der Waals surface area contributed by atoms with Crippen molar-refractivity contribution in [3.05, 3.63) is 104 Å². The molecule has 18 heteroatoms. The smallest absolute Gasteiger partial charge is 0.255 e. The second-order valence-corrected chi connectivity index (χ2v) is 18.4. The first kappa shape index (κ1) is 45.7. The van der Waals surface area contributed by atoms with Gasteiger partial charge < -0.3 is 52.3 Å².